The van der Waals surface area contributed by atoms with Gasteiger partial charge in [0.05, 0.1) is 0 Å². The van der Waals surface area contributed by atoms with Crippen molar-refractivity contribution in [3.8, 4) is 0 Å². The van der Waals surface area contributed by atoms with Gasteiger partial charge in [-0.05, 0) is 111 Å². The van der Waals surface area contributed by atoms with Gasteiger partial charge >= 0.3 is 0 Å². The van der Waals surface area contributed by atoms with Gasteiger partial charge in [-0.15, -0.1) is 23.5 Å². The highest BCUT2D eigenvalue weighted by Gasteiger charge is 2.20. The number of benzene rings is 2. The van der Waals surface area contributed by atoms with Gasteiger partial charge in [0.25, 0.3) is 0 Å². The Morgan fingerprint density at radius 3 is 0.852 bits per heavy atom. The molecule has 0 aromatic heterocycles. The normalized spacial score (nSPS) is 11.3. The molecule has 0 aliphatic carbocycles. The van der Waals surface area contributed by atoms with E-state index < -0.39 is 0 Å². The Labute approximate surface area is 179 Å². The Morgan fingerprint density at radius 2 is 0.630 bits per heavy atom. The summed E-state index contributed by atoms with van der Waals surface area (Å²) in [7, 11) is 0. The molecule has 0 amide bonds. The summed E-state index contributed by atoms with van der Waals surface area (Å²) in [5.74, 6) is 2.25. The minimum atomic E-state index is 1.13. The molecule has 0 spiro atoms. The van der Waals surface area contributed by atoms with Crippen LogP contribution in [0.3, 0.4) is 0 Å². The predicted octanol–water partition coefficient (Wildman–Crippen LogP) is 8.53. The molecule has 0 aliphatic heterocycles. The van der Waals surface area contributed by atoms with E-state index in [1.165, 1.54) is 64.1 Å². The minimum Gasteiger partial charge on any atom is -0.126 e. The molecule has 0 radical (unpaired) electrons. The zero-order valence-corrected chi connectivity index (χ0v) is 21.1. The molecule has 148 valence electrons. The van der Waals surface area contributed by atoms with Crippen molar-refractivity contribution in [2.45, 2.75) is 88.8 Å². The van der Waals surface area contributed by atoms with Crippen LogP contribution in [-0.2, 0) is 0 Å². The predicted molar refractivity (Wildman–Crippen MR) is 128 cm³/mol. The van der Waals surface area contributed by atoms with Gasteiger partial charge in [0.1, 0.15) is 0 Å². The molecule has 0 unspecified atom stereocenters. The van der Waals surface area contributed by atoms with Crippen molar-refractivity contribution in [3.05, 3.63) is 44.5 Å². The summed E-state index contributed by atoms with van der Waals surface area (Å²) >= 11 is 5.94. The van der Waals surface area contributed by atoms with E-state index in [0.29, 0.717) is 0 Å². The quantitative estimate of drug-likeness (QED) is 0.431. The van der Waals surface area contributed by atoms with Crippen LogP contribution in [0.25, 0.3) is 0 Å². The molecule has 0 saturated carbocycles. The van der Waals surface area contributed by atoms with Crippen LogP contribution in [0.4, 0.5) is 0 Å². The molecule has 0 atom stereocenters. The number of hydrogen-bond acceptors (Lipinski definition) is 3. The lowest BCUT2D eigenvalue weighted by Crippen LogP contribution is -2.01. The second kappa shape index (κ2) is 9.33. The van der Waals surface area contributed by atoms with Gasteiger partial charge in [-0.25, -0.2) is 0 Å². The van der Waals surface area contributed by atoms with Crippen molar-refractivity contribution in [2.24, 2.45) is 0 Å². The van der Waals surface area contributed by atoms with Gasteiger partial charge in [0.2, 0.25) is 0 Å². The molecule has 2 aromatic rings. The third-order valence-electron chi connectivity index (χ3n) is 5.76. The second-order valence-corrected chi connectivity index (χ2v) is 10.9. The van der Waals surface area contributed by atoms with E-state index in [2.05, 4.69) is 69.2 Å². The summed E-state index contributed by atoms with van der Waals surface area (Å²) in [5, 5.41) is 0. The van der Waals surface area contributed by atoms with Gasteiger partial charge in [-0.3, -0.25) is 0 Å². The number of hydrogen-bond donors (Lipinski definition) is 0. The standard InChI is InChI=1S/C24H34S3/c1-11-25-21-13(3)17(7)23(18(8)14(21)4)27-24-19(9)15(5)22(26-12-2)16(6)20(24)10/h11-12H2,1-10H3. The number of thioether (sulfide) groups is 2. The van der Waals surface area contributed by atoms with Crippen molar-refractivity contribution in [1.82, 2.24) is 0 Å². The Kier molecular flexibility index (Phi) is 7.87. The van der Waals surface area contributed by atoms with Crippen molar-refractivity contribution in [1.29, 1.82) is 0 Å². The van der Waals surface area contributed by atoms with Crippen LogP contribution in [0, 0.1) is 55.4 Å². The first kappa shape index (κ1) is 22.8. The van der Waals surface area contributed by atoms with E-state index in [1.807, 2.05) is 35.3 Å². The fourth-order valence-electron chi connectivity index (χ4n) is 3.62. The highest BCUT2D eigenvalue weighted by atomic mass is 32.2. The molecular formula is C24H34S3. The van der Waals surface area contributed by atoms with Gasteiger partial charge in [-0.2, -0.15) is 0 Å². The summed E-state index contributed by atoms with van der Waals surface area (Å²) in [6, 6.07) is 0. The highest BCUT2D eigenvalue weighted by molar-refractivity contribution is 8.00. The average Bonchev–Trinajstić information content (AvgIpc) is 2.65. The molecular weight excluding hydrogens is 384 g/mol. The number of rotatable bonds is 6. The van der Waals surface area contributed by atoms with Gasteiger partial charge in [0, 0.05) is 19.6 Å². The van der Waals surface area contributed by atoms with E-state index in [4.69, 9.17) is 0 Å². The van der Waals surface area contributed by atoms with E-state index in [-0.39, 0.29) is 0 Å². The maximum atomic E-state index is 2.30. The maximum Gasteiger partial charge on any atom is 0.0187 e. The Morgan fingerprint density at radius 1 is 0.407 bits per heavy atom. The zero-order valence-electron chi connectivity index (χ0n) is 18.6. The van der Waals surface area contributed by atoms with Crippen molar-refractivity contribution >= 4 is 35.3 Å². The first-order chi connectivity index (χ1) is 12.7. The molecule has 0 nitrogen and oxygen atoms in total. The Balaban J connectivity index is 2.65. The molecule has 0 bridgehead atoms. The van der Waals surface area contributed by atoms with Crippen LogP contribution in [-0.4, -0.2) is 11.5 Å². The molecule has 2 rings (SSSR count). The summed E-state index contributed by atoms with van der Waals surface area (Å²) in [6.07, 6.45) is 0. The van der Waals surface area contributed by atoms with E-state index >= 15 is 0 Å². The first-order valence-electron chi connectivity index (χ1n) is 9.81. The molecule has 2 aromatic carbocycles. The SMILES string of the molecule is CCSc1c(C)c(C)c(Sc2c(C)c(C)c(SCC)c(C)c2C)c(C)c1C. The molecule has 0 saturated heterocycles. The summed E-state index contributed by atoms with van der Waals surface area (Å²) in [4.78, 5) is 5.86. The highest BCUT2D eigenvalue weighted by Crippen LogP contribution is 2.45. The van der Waals surface area contributed by atoms with Crippen molar-refractivity contribution < 1.29 is 0 Å². The van der Waals surface area contributed by atoms with Crippen LogP contribution < -0.4 is 0 Å². The summed E-state index contributed by atoms with van der Waals surface area (Å²) in [6.45, 7) is 22.9. The van der Waals surface area contributed by atoms with Crippen molar-refractivity contribution in [2.75, 3.05) is 11.5 Å². The largest absolute Gasteiger partial charge is 0.126 e. The fourth-order valence-corrected chi connectivity index (χ4v) is 7.10. The fraction of sp³-hybridized carbons (Fsp3) is 0.500. The third kappa shape index (κ3) is 4.26. The van der Waals surface area contributed by atoms with Crippen LogP contribution in [0.1, 0.15) is 58.4 Å². The lowest BCUT2D eigenvalue weighted by atomic mass is 10.0. The molecule has 27 heavy (non-hydrogen) atoms. The zero-order chi connectivity index (χ0) is 20.5. The lowest BCUT2D eigenvalue weighted by Gasteiger charge is -2.23. The molecule has 0 aliphatic rings. The first-order valence-corrected chi connectivity index (χ1v) is 12.6. The van der Waals surface area contributed by atoms with E-state index in [0.717, 1.165) is 11.5 Å². The van der Waals surface area contributed by atoms with E-state index in [1.54, 1.807) is 0 Å². The molecule has 0 heterocycles. The third-order valence-corrected chi connectivity index (χ3v) is 9.77. The van der Waals surface area contributed by atoms with E-state index in [9.17, 15) is 0 Å². The van der Waals surface area contributed by atoms with Gasteiger partial charge in [-0.1, -0.05) is 25.6 Å². The molecule has 0 N–H and O–H groups in total. The van der Waals surface area contributed by atoms with Gasteiger partial charge < -0.3 is 0 Å². The second-order valence-electron chi connectivity index (χ2n) is 7.28. The topological polar surface area (TPSA) is 0 Å². The van der Waals surface area contributed by atoms with Crippen LogP contribution in [0.2, 0.25) is 0 Å². The van der Waals surface area contributed by atoms with Crippen LogP contribution in [0.5, 0.6) is 0 Å². The summed E-state index contributed by atoms with van der Waals surface area (Å²) < 4.78 is 0. The lowest BCUT2D eigenvalue weighted by molar-refractivity contribution is 1.04. The monoisotopic (exact) mass is 418 g/mol. The maximum absolute atomic E-state index is 2.30. The summed E-state index contributed by atoms with van der Waals surface area (Å²) in [5.41, 5.74) is 11.6. The van der Waals surface area contributed by atoms with Crippen molar-refractivity contribution in [3.63, 3.8) is 0 Å². The molecule has 0 fully saturated rings. The Hall–Kier alpha value is -0.510. The van der Waals surface area contributed by atoms with Crippen LogP contribution >= 0.6 is 35.3 Å². The average molecular weight is 419 g/mol. The molecule has 3 heteroatoms. The van der Waals surface area contributed by atoms with Crippen LogP contribution in [0.15, 0.2) is 19.6 Å². The minimum absolute atomic E-state index is 1.13. The van der Waals surface area contributed by atoms with Gasteiger partial charge in [0.15, 0.2) is 0 Å². The Bertz CT molecular complexity index is 733. The smallest absolute Gasteiger partial charge is 0.0187 e.